The Kier molecular flexibility index (Phi) is 4.04. The number of hydrogen-bond donors (Lipinski definition) is 2. The second-order valence-corrected chi connectivity index (χ2v) is 5.25. The molecule has 0 saturated carbocycles. The molecule has 1 heterocycles. The number of Topliss-reactive ketones (excluding diaryl/α,β-unsaturated/α-hetero) is 1. The molecule has 1 fully saturated rings. The molecule has 5 nitrogen and oxygen atoms in total. The highest BCUT2D eigenvalue weighted by Gasteiger charge is 2.40. The van der Waals surface area contributed by atoms with Crippen LogP contribution in [0.3, 0.4) is 0 Å². The van der Waals surface area contributed by atoms with E-state index < -0.39 is 23.5 Å². The van der Waals surface area contributed by atoms with E-state index in [0.717, 1.165) is 0 Å². The number of aliphatic hydroxyl groups is 1. The van der Waals surface area contributed by atoms with Crippen LogP contribution in [0.15, 0.2) is 54.1 Å². The Morgan fingerprint density at radius 1 is 1.17 bits per heavy atom. The van der Waals surface area contributed by atoms with E-state index in [-0.39, 0.29) is 16.9 Å². The van der Waals surface area contributed by atoms with E-state index in [9.17, 15) is 19.1 Å². The van der Waals surface area contributed by atoms with E-state index in [0.29, 0.717) is 11.3 Å². The largest absolute Gasteiger partial charge is 0.507 e. The van der Waals surface area contributed by atoms with Crippen LogP contribution in [0, 0.1) is 5.82 Å². The van der Waals surface area contributed by atoms with Gasteiger partial charge in [0, 0.05) is 11.1 Å². The molecule has 2 aromatic carbocycles. The van der Waals surface area contributed by atoms with Gasteiger partial charge < -0.3 is 15.2 Å². The quantitative estimate of drug-likeness (QED) is 0.516. The summed E-state index contributed by atoms with van der Waals surface area (Å²) in [5.74, 6) is -2.25. The lowest BCUT2D eigenvalue weighted by molar-refractivity contribution is -0.133. The third-order valence-electron chi connectivity index (χ3n) is 3.83. The summed E-state index contributed by atoms with van der Waals surface area (Å²) >= 11 is 0. The van der Waals surface area contributed by atoms with Gasteiger partial charge in [0.05, 0.1) is 18.7 Å². The Morgan fingerprint density at radius 2 is 1.92 bits per heavy atom. The lowest BCUT2D eigenvalue weighted by Crippen LogP contribution is -2.21. The van der Waals surface area contributed by atoms with Gasteiger partial charge in [0.25, 0.3) is 11.7 Å². The lowest BCUT2D eigenvalue weighted by atomic mass is 9.95. The van der Waals surface area contributed by atoms with Crippen LogP contribution in [-0.2, 0) is 9.59 Å². The van der Waals surface area contributed by atoms with Crippen molar-refractivity contribution in [2.75, 3.05) is 7.11 Å². The van der Waals surface area contributed by atoms with Gasteiger partial charge in [-0.25, -0.2) is 4.39 Å². The van der Waals surface area contributed by atoms with Crippen molar-refractivity contribution in [2.24, 2.45) is 0 Å². The lowest BCUT2D eigenvalue weighted by Gasteiger charge is -2.14. The predicted molar refractivity (Wildman–Crippen MR) is 84.8 cm³/mol. The average Bonchev–Trinajstić information content (AvgIpc) is 2.89. The monoisotopic (exact) mass is 327 g/mol. The molecule has 1 atom stereocenters. The molecular weight excluding hydrogens is 313 g/mol. The zero-order valence-electron chi connectivity index (χ0n) is 12.7. The molecule has 0 radical (unpaired) electrons. The van der Waals surface area contributed by atoms with Crippen LogP contribution < -0.4 is 10.1 Å². The number of amides is 1. The summed E-state index contributed by atoms with van der Waals surface area (Å²) in [5, 5.41) is 13.0. The Bertz CT molecular complexity index is 860. The Balaban J connectivity index is 2.15. The van der Waals surface area contributed by atoms with Crippen LogP contribution in [0.4, 0.5) is 4.39 Å². The van der Waals surface area contributed by atoms with Crippen LogP contribution in [0.1, 0.15) is 17.2 Å². The van der Waals surface area contributed by atoms with E-state index in [1.54, 1.807) is 24.3 Å². The first-order chi connectivity index (χ1) is 11.5. The second-order valence-electron chi connectivity index (χ2n) is 5.25. The fourth-order valence-corrected chi connectivity index (χ4v) is 2.63. The normalized spacial score (nSPS) is 19.2. The molecule has 2 N–H and O–H groups in total. The van der Waals surface area contributed by atoms with Crippen molar-refractivity contribution in [1.82, 2.24) is 5.32 Å². The zero-order valence-corrected chi connectivity index (χ0v) is 12.7. The number of aliphatic hydroxyl groups excluding tert-OH is 1. The maximum atomic E-state index is 14.1. The van der Waals surface area contributed by atoms with Gasteiger partial charge in [-0.1, -0.05) is 30.3 Å². The van der Waals surface area contributed by atoms with Gasteiger partial charge in [0.1, 0.15) is 17.3 Å². The van der Waals surface area contributed by atoms with E-state index >= 15 is 0 Å². The number of benzene rings is 2. The minimum atomic E-state index is -1.04. The summed E-state index contributed by atoms with van der Waals surface area (Å²) in [6.07, 6.45) is 0. The summed E-state index contributed by atoms with van der Waals surface area (Å²) in [6, 6.07) is 11.1. The van der Waals surface area contributed by atoms with Gasteiger partial charge in [-0.05, 0) is 18.2 Å². The smallest absolute Gasteiger partial charge is 0.293 e. The van der Waals surface area contributed by atoms with Crippen molar-refractivity contribution < 1.29 is 23.8 Å². The number of ketones is 1. The van der Waals surface area contributed by atoms with Crippen molar-refractivity contribution in [2.45, 2.75) is 6.04 Å². The van der Waals surface area contributed by atoms with E-state index in [1.807, 2.05) is 0 Å². The molecule has 1 aliphatic rings. The number of carbonyl (C=O) groups is 2. The topological polar surface area (TPSA) is 75.6 Å². The number of rotatable bonds is 3. The molecule has 0 aromatic heterocycles. The first-order valence-corrected chi connectivity index (χ1v) is 7.20. The van der Waals surface area contributed by atoms with Crippen molar-refractivity contribution in [3.63, 3.8) is 0 Å². The zero-order chi connectivity index (χ0) is 17.3. The highest BCUT2D eigenvalue weighted by atomic mass is 19.1. The van der Waals surface area contributed by atoms with Crippen LogP contribution in [0.5, 0.6) is 5.75 Å². The van der Waals surface area contributed by atoms with Gasteiger partial charge in [-0.2, -0.15) is 0 Å². The van der Waals surface area contributed by atoms with Gasteiger partial charge in [-0.3, -0.25) is 9.59 Å². The van der Waals surface area contributed by atoms with Crippen LogP contribution in [0.2, 0.25) is 0 Å². The predicted octanol–water partition coefficient (Wildman–Crippen LogP) is 2.54. The molecule has 24 heavy (non-hydrogen) atoms. The molecule has 6 heteroatoms. The molecule has 3 rings (SSSR count). The molecular formula is C18H14FNO4. The minimum absolute atomic E-state index is 0.112. The Labute approximate surface area is 137 Å². The third kappa shape index (κ3) is 2.62. The molecule has 0 bridgehead atoms. The SMILES string of the molecule is COc1cccc(/C(O)=C2/C(=O)C(=O)NC2c2ccccc2F)c1. The molecule has 122 valence electrons. The standard InChI is InChI=1S/C18H14FNO4/c1-24-11-6-4-5-10(9-11)16(21)14-15(20-18(23)17(14)22)12-7-2-3-8-13(12)19/h2-9,15,21H,1H3,(H,20,23)/b16-14-. The molecule has 1 aliphatic heterocycles. The fourth-order valence-electron chi connectivity index (χ4n) is 2.63. The average molecular weight is 327 g/mol. The van der Waals surface area contributed by atoms with Crippen molar-refractivity contribution >= 4 is 17.4 Å². The van der Waals surface area contributed by atoms with Gasteiger partial charge in [0.15, 0.2) is 0 Å². The fraction of sp³-hybridized carbons (Fsp3) is 0.111. The Morgan fingerprint density at radius 3 is 2.62 bits per heavy atom. The van der Waals surface area contributed by atoms with Gasteiger partial charge >= 0.3 is 0 Å². The number of halogens is 1. The van der Waals surface area contributed by atoms with Crippen molar-refractivity contribution in [1.29, 1.82) is 0 Å². The summed E-state index contributed by atoms with van der Waals surface area (Å²) in [5.41, 5.74) is 0.232. The number of methoxy groups -OCH3 is 1. The van der Waals surface area contributed by atoms with Crippen LogP contribution in [0.25, 0.3) is 5.76 Å². The number of ether oxygens (including phenoxy) is 1. The summed E-state index contributed by atoms with van der Waals surface area (Å²) < 4.78 is 19.2. The molecule has 0 aliphatic carbocycles. The first kappa shape index (κ1) is 15.7. The van der Waals surface area contributed by atoms with Crippen molar-refractivity contribution in [3.05, 3.63) is 71.0 Å². The number of hydrogen-bond acceptors (Lipinski definition) is 4. The highest BCUT2D eigenvalue weighted by molar-refractivity contribution is 6.46. The minimum Gasteiger partial charge on any atom is -0.507 e. The molecule has 1 unspecified atom stereocenters. The summed E-state index contributed by atoms with van der Waals surface area (Å²) in [6.45, 7) is 0. The second kappa shape index (κ2) is 6.16. The highest BCUT2D eigenvalue weighted by Crippen LogP contribution is 2.34. The maximum absolute atomic E-state index is 14.1. The molecule has 0 spiro atoms. The number of nitrogens with one attached hydrogen (secondary N) is 1. The molecule has 1 amide bonds. The number of carbonyl (C=O) groups excluding carboxylic acids is 2. The Hall–Kier alpha value is -3.15. The van der Waals surface area contributed by atoms with Gasteiger partial charge in [0.2, 0.25) is 0 Å². The molecule has 1 saturated heterocycles. The molecule has 2 aromatic rings. The van der Waals surface area contributed by atoms with E-state index in [2.05, 4.69) is 5.32 Å². The van der Waals surface area contributed by atoms with Crippen molar-refractivity contribution in [3.8, 4) is 5.75 Å². The first-order valence-electron chi connectivity index (χ1n) is 7.20. The summed E-state index contributed by atoms with van der Waals surface area (Å²) in [4.78, 5) is 24.0. The van der Waals surface area contributed by atoms with Crippen LogP contribution >= 0.6 is 0 Å². The van der Waals surface area contributed by atoms with Gasteiger partial charge in [-0.15, -0.1) is 0 Å². The third-order valence-corrected chi connectivity index (χ3v) is 3.83. The summed E-state index contributed by atoms with van der Waals surface area (Å²) in [7, 11) is 1.47. The van der Waals surface area contributed by atoms with E-state index in [4.69, 9.17) is 4.74 Å². The van der Waals surface area contributed by atoms with E-state index in [1.165, 1.54) is 31.4 Å². The van der Waals surface area contributed by atoms with Crippen LogP contribution in [-0.4, -0.2) is 23.9 Å². The maximum Gasteiger partial charge on any atom is 0.293 e.